The number of rotatable bonds is 4. The molecule has 0 aromatic heterocycles. The summed E-state index contributed by atoms with van der Waals surface area (Å²) >= 11 is 3.50. The molecule has 0 unspecified atom stereocenters. The predicted molar refractivity (Wildman–Crippen MR) is 95.5 cm³/mol. The Balaban J connectivity index is 1.76. The third kappa shape index (κ3) is 5.10. The Morgan fingerprint density at radius 1 is 1.10 bits per heavy atom. The summed E-state index contributed by atoms with van der Waals surface area (Å²) < 4.78 is 1.15. The van der Waals surface area contributed by atoms with Gasteiger partial charge >= 0.3 is 0 Å². The van der Waals surface area contributed by atoms with E-state index in [9.17, 15) is 0 Å². The monoisotopic (exact) mass is 351 g/mol. The Hall–Kier alpha value is -0.340. The fourth-order valence-corrected chi connectivity index (χ4v) is 3.71. The third-order valence-electron chi connectivity index (χ3n) is 5.15. The molecule has 0 radical (unpaired) electrons. The van der Waals surface area contributed by atoms with Crippen molar-refractivity contribution in [3.05, 3.63) is 34.3 Å². The summed E-state index contributed by atoms with van der Waals surface area (Å²) in [6.45, 7) is 10.6. The van der Waals surface area contributed by atoms with Gasteiger partial charge in [0.15, 0.2) is 0 Å². The van der Waals surface area contributed by atoms with E-state index in [1.54, 1.807) is 0 Å². The largest absolute Gasteiger partial charge is 0.310 e. The molecule has 1 fully saturated rings. The summed E-state index contributed by atoms with van der Waals surface area (Å²) in [5, 5.41) is 3.73. The summed E-state index contributed by atoms with van der Waals surface area (Å²) in [6, 6.07) is 9.11. The van der Waals surface area contributed by atoms with E-state index < -0.39 is 0 Å². The second-order valence-electron chi connectivity index (χ2n) is 7.77. The Morgan fingerprint density at radius 2 is 1.67 bits per heavy atom. The molecule has 2 heteroatoms. The topological polar surface area (TPSA) is 12.0 Å². The van der Waals surface area contributed by atoms with Crippen LogP contribution in [0.4, 0.5) is 0 Å². The molecule has 1 atom stereocenters. The lowest BCUT2D eigenvalue weighted by molar-refractivity contribution is 0.148. The van der Waals surface area contributed by atoms with Crippen molar-refractivity contribution < 1.29 is 0 Å². The first-order valence-corrected chi connectivity index (χ1v) is 9.14. The number of benzene rings is 1. The first kappa shape index (κ1) is 17.0. The van der Waals surface area contributed by atoms with E-state index in [0.29, 0.717) is 11.5 Å². The molecular weight excluding hydrogens is 322 g/mol. The molecule has 1 aliphatic rings. The first-order valence-electron chi connectivity index (χ1n) is 8.35. The first-order chi connectivity index (χ1) is 9.86. The van der Waals surface area contributed by atoms with Crippen molar-refractivity contribution in [1.29, 1.82) is 0 Å². The maximum Gasteiger partial charge on any atom is 0.0291 e. The normalized spacial score (nSPS) is 24.8. The summed E-state index contributed by atoms with van der Waals surface area (Å²) in [5.74, 6) is 1.78. The molecule has 21 heavy (non-hydrogen) atoms. The molecular formula is C19H30BrN. The molecule has 0 heterocycles. The van der Waals surface area contributed by atoms with Crippen molar-refractivity contribution in [2.75, 3.05) is 6.54 Å². The van der Waals surface area contributed by atoms with Gasteiger partial charge in [0.05, 0.1) is 0 Å². The van der Waals surface area contributed by atoms with Gasteiger partial charge in [-0.15, -0.1) is 0 Å². The molecule has 1 aliphatic carbocycles. The van der Waals surface area contributed by atoms with Crippen molar-refractivity contribution in [3.8, 4) is 0 Å². The van der Waals surface area contributed by atoms with Crippen LogP contribution in [0.25, 0.3) is 0 Å². The molecule has 0 spiro atoms. The van der Waals surface area contributed by atoms with Gasteiger partial charge < -0.3 is 5.32 Å². The molecule has 1 saturated carbocycles. The van der Waals surface area contributed by atoms with Gasteiger partial charge in [0.1, 0.15) is 0 Å². The summed E-state index contributed by atoms with van der Waals surface area (Å²) in [4.78, 5) is 0. The third-order valence-corrected chi connectivity index (χ3v) is 5.68. The van der Waals surface area contributed by atoms with Crippen molar-refractivity contribution in [2.24, 2.45) is 17.3 Å². The Labute approximate surface area is 139 Å². The average molecular weight is 352 g/mol. The van der Waals surface area contributed by atoms with Crippen LogP contribution in [0.3, 0.4) is 0 Å². The zero-order valence-corrected chi connectivity index (χ0v) is 15.5. The van der Waals surface area contributed by atoms with Crippen molar-refractivity contribution in [2.45, 2.75) is 59.4 Å². The van der Waals surface area contributed by atoms with Gasteiger partial charge in [-0.05, 0) is 74.1 Å². The van der Waals surface area contributed by atoms with E-state index in [1.165, 1.54) is 31.2 Å². The minimum Gasteiger partial charge on any atom is -0.310 e. The maximum atomic E-state index is 3.73. The molecule has 0 amide bonds. The van der Waals surface area contributed by atoms with Crippen molar-refractivity contribution in [1.82, 2.24) is 5.32 Å². The van der Waals surface area contributed by atoms with Crippen molar-refractivity contribution >= 4 is 15.9 Å². The van der Waals surface area contributed by atoms with Gasteiger partial charge in [0.25, 0.3) is 0 Å². The SMILES string of the molecule is C[C@H](NCC1CCC(C(C)(C)C)CC1)c1ccc(Br)cc1. The van der Waals surface area contributed by atoms with Crippen LogP contribution in [-0.4, -0.2) is 6.54 Å². The van der Waals surface area contributed by atoms with Crippen molar-refractivity contribution in [3.63, 3.8) is 0 Å². The molecule has 0 bridgehead atoms. The van der Waals surface area contributed by atoms with Crippen LogP contribution < -0.4 is 5.32 Å². The average Bonchev–Trinajstić information content (AvgIpc) is 2.45. The summed E-state index contributed by atoms with van der Waals surface area (Å²) in [5.41, 5.74) is 1.87. The fraction of sp³-hybridized carbons (Fsp3) is 0.684. The smallest absolute Gasteiger partial charge is 0.0291 e. The Morgan fingerprint density at radius 3 is 2.19 bits per heavy atom. The molecule has 2 rings (SSSR count). The molecule has 1 aromatic carbocycles. The predicted octanol–water partition coefficient (Wildman–Crippen LogP) is 5.95. The van der Waals surface area contributed by atoms with E-state index in [4.69, 9.17) is 0 Å². The number of nitrogens with one attached hydrogen (secondary N) is 1. The van der Waals surface area contributed by atoms with Gasteiger partial charge in [-0.2, -0.15) is 0 Å². The Bertz CT molecular complexity index is 424. The molecule has 1 aromatic rings. The van der Waals surface area contributed by atoms with Gasteiger partial charge in [0.2, 0.25) is 0 Å². The summed E-state index contributed by atoms with van der Waals surface area (Å²) in [6.07, 6.45) is 5.59. The van der Waals surface area contributed by atoms with Crippen LogP contribution in [0.15, 0.2) is 28.7 Å². The van der Waals surface area contributed by atoms with E-state index in [-0.39, 0.29) is 0 Å². The fourth-order valence-electron chi connectivity index (χ4n) is 3.45. The standard InChI is InChI=1S/C19H30BrN/c1-14(16-7-11-18(20)12-8-16)21-13-15-5-9-17(10-6-15)19(2,3)4/h7-8,11-12,14-15,17,21H,5-6,9-10,13H2,1-4H3/t14-,15?,17?/m0/s1. The van der Waals surface area contributed by atoms with Gasteiger partial charge in [-0.3, -0.25) is 0 Å². The molecule has 118 valence electrons. The molecule has 1 N–H and O–H groups in total. The van der Waals surface area contributed by atoms with Crippen LogP contribution in [0.5, 0.6) is 0 Å². The zero-order chi connectivity index (χ0) is 15.5. The van der Waals surface area contributed by atoms with E-state index >= 15 is 0 Å². The lowest BCUT2D eigenvalue weighted by Crippen LogP contribution is -2.31. The molecule has 1 nitrogen and oxygen atoms in total. The second kappa shape index (κ2) is 7.28. The summed E-state index contributed by atoms with van der Waals surface area (Å²) in [7, 11) is 0. The second-order valence-corrected chi connectivity index (χ2v) is 8.68. The minimum atomic E-state index is 0.443. The quantitative estimate of drug-likeness (QED) is 0.706. The molecule has 0 aliphatic heterocycles. The van der Waals surface area contributed by atoms with Gasteiger partial charge in [-0.25, -0.2) is 0 Å². The van der Waals surface area contributed by atoms with Crippen LogP contribution in [0.2, 0.25) is 0 Å². The van der Waals surface area contributed by atoms with Crippen LogP contribution in [0.1, 0.15) is 65.0 Å². The van der Waals surface area contributed by atoms with Crippen LogP contribution >= 0.6 is 15.9 Å². The lowest BCUT2D eigenvalue weighted by Gasteiger charge is -2.37. The molecule has 0 saturated heterocycles. The van der Waals surface area contributed by atoms with Gasteiger partial charge in [0, 0.05) is 10.5 Å². The van der Waals surface area contributed by atoms with Crippen LogP contribution in [-0.2, 0) is 0 Å². The highest BCUT2D eigenvalue weighted by Gasteiger charge is 2.29. The van der Waals surface area contributed by atoms with Crippen LogP contribution in [0, 0.1) is 17.3 Å². The number of hydrogen-bond donors (Lipinski definition) is 1. The maximum absolute atomic E-state index is 3.73. The minimum absolute atomic E-state index is 0.443. The number of halogens is 1. The van der Waals surface area contributed by atoms with Gasteiger partial charge in [-0.1, -0.05) is 48.8 Å². The van der Waals surface area contributed by atoms with E-state index in [2.05, 4.69) is 73.2 Å². The number of hydrogen-bond acceptors (Lipinski definition) is 1. The zero-order valence-electron chi connectivity index (χ0n) is 14.0. The highest BCUT2D eigenvalue weighted by Crippen LogP contribution is 2.39. The highest BCUT2D eigenvalue weighted by atomic mass is 79.9. The highest BCUT2D eigenvalue weighted by molar-refractivity contribution is 9.10. The van der Waals surface area contributed by atoms with E-state index in [0.717, 1.165) is 22.9 Å². The lowest BCUT2D eigenvalue weighted by atomic mass is 9.70. The van der Waals surface area contributed by atoms with E-state index in [1.807, 2.05) is 0 Å². The Kier molecular flexibility index (Phi) is 5.90.